The van der Waals surface area contributed by atoms with E-state index in [1.807, 2.05) is 6.92 Å². The minimum absolute atomic E-state index is 0.0108. The molecule has 7 heteroatoms. The van der Waals surface area contributed by atoms with E-state index < -0.39 is 10.8 Å². The first-order valence-corrected chi connectivity index (χ1v) is 7.67. The molecule has 0 saturated carbocycles. The van der Waals surface area contributed by atoms with Crippen LogP contribution in [0.3, 0.4) is 0 Å². The number of anilines is 1. The fraction of sp³-hybridized carbons (Fsp3) is 0.636. The highest BCUT2D eigenvalue weighted by molar-refractivity contribution is 7.85. The Kier molecular flexibility index (Phi) is 4.53. The predicted molar refractivity (Wildman–Crippen MR) is 71.4 cm³/mol. The Balaban J connectivity index is 2.30. The second kappa shape index (κ2) is 5.95. The van der Waals surface area contributed by atoms with E-state index in [1.165, 1.54) is 0 Å². The zero-order chi connectivity index (χ0) is 13.1. The molecule has 1 aromatic heterocycles. The summed E-state index contributed by atoms with van der Waals surface area (Å²) in [6.45, 7) is 2.05. The summed E-state index contributed by atoms with van der Waals surface area (Å²) in [6, 6.07) is -0.0948. The van der Waals surface area contributed by atoms with Crippen LogP contribution in [-0.4, -0.2) is 37.7 Å². The monoisotopic (exact) mass is 289 g/mol. The average Bonchev–Trinajstić information content (AvgIpc) is 2.70. The normalized spacial score (nSPS) is 19.6. The van der Waals surface area contributed by atoms with Crippen molar-refractivity contribution in [2.45, 2.75) is 37.1 Å². The molecule has 5 nitrogen and oxygen atoms in total. The minimum atomic E-state index is -1.07. The first-order valence-electron chi connectivity index (χ1n) is 5.97. The lowest BCUT2D eigenvalue weighted by Crippen LogP contribution is -2.25. The predicted octanol–water partition coefficient (Wildman–Crippen LogP) is 1.37. The molecule has 2 unspecified atom stereocenters. The number of aliphatic hydroxyl groups excluding tert-OH is 1. The van der Waals surface area contributed by atoms with Crippen molar-refractivity contribution in [1.29, 1.82) is 0 Å². The van der Waals surface area contributed by atoms with Gasteiger partial charge in [0.25, 0.3) is 0 Å². The molecule has 0 aliphatic carbocycles. The van der Waals surface area contributed by atoms with Gasteiger partial charge in [0.1, 0.15) is 10.7 Å². The van der Waals surface area contributed by atoms with Crippen molar-refractivity contribution in [2.75, 3.05) is 17.7 Å². The number of nitrogens with zero attached hydrogens (tertiary/aromatic N) is 2. The van der Waals surface area contributed by atoms with Crippen molar-refractivity contribution in [1.82, 2.24) is 9.97 Å². The van der Waals surface area contributed by atoms with E-state index in [4.69, 9.17) is 11.6 Å². The number of hydrogen-bond acceptors (Lipinski definition) is 5. The average molecular weight is 290 g/mol. The third kappa shape index (κ3) is 2.81. The number of aryl methyl sites for hydroxylation is 1. The van der Waals surface area contributed by atoms with Crippen LogP contribution < -0.4 is 5.32 Å². The molecule has 2 N–H and O–H groups in total. The second-order valence-electron chi connectivity index (χ2n) is 4.23. The number of aromatic nitrogens is 2. The van der Waals surface area contributed by atoms with Gasteiger partial charge in [-0.2, -0.15) is 4.98 Å². The van der Waals surface area contributed by atoms with Crippen LogP contribution >= 0.6 is 11.6 Å². The smallest absolute Gasteiger partial charge is 0.224 e. The third-order valence-electron chi connectivity index (χ3n) is 2.86. The van der Waals surface area contributed by atoms with E-state index in [0.29, 0.717) is 22.9 Å². The number of halogens is 1. The fourth-order valence-corrected chi connectivity index (χ4v) is 3.52. The number of rotatable bonds is 5. The largest absolute Gasteiger partial charge is 0.394 e. The number of nitrogens with one attached hydrogen (secondary N) is 1. The van der Waals surface area contributed by atoms with Gasteiger partial charge in [-0.15, -0.1) is 0 Å². The molecule has 2 heterocycles. The molecule has 0 fully saturated rings. The quantitative estimate of drug-likeness (QED) is 0.801. The second-order valence-corrected chi connectivity index (χ2v) is 6.07. The van der Waals surface area contributed by atoms with Gasteiger partial charge in [-0.3, -0.25) is 4.21 Å². The summed E-state index contributed by atoms with van der Waals surface area (Å²) < 4.78 is 11.9. The highest BCUT2D eigenvalue weighted by Gasteiger charge is 2.26. The molecular weight excluding hydrogens is 274 g/mol. The van der Waals surface area contributed by atoms with Crippen LogP contribution in [0.15, 0.2) is 4.90 Å². The maximum atomic E-state index is 11.9. The van der Waals surface area contributed by atoms with Gasteiger partial charge in [-0.25, -0.2) is 4.98 Å². The standard InChI is InChI=1S/C11H16ClN3O2S/c1-2-3-7(6-16)13-10-9-8(4-5-18(9)17)14-11(12)15-10/h7,16H,2-6H2,1H3,(H,13,14,15). The zero-order valence-corrected chi connectivity index (χ0v) is 11.7. The molecule has 0 saturated heterocycles. The van der Waals surface area contributed by atoms with Gasteiger partial charge in [-0.1, -0.05) is 13.3 Å². The Bertz CT molecular complexity index is 470. The summed E-state index contributed by atoms with van der Waals surface area (Å²) in [6.07, 6.45) is 2.43. The molecule has 100 valence electrons. The van der Waals surface area contributed by atoms with E-state index in [9.17, 15) is 9.32 Å². The maximum absolute atomic E-state index is 11.9. The van der Waals surface area contributed by atoms with Crippen LogP contribution in [0.4, 0.5) is 5.82 Å². The van der Waals surface area contributed by atoms with Crippen molar-refractivity contribution in [3.8, 4) is 0 Å². The summed E-state index contributed by atoms with van der Waals surface area (Å²) >= 11 is 5.86. The first kappa shape index (κ1) is 13.7. The van der Waals surface area contributed by atoms with Crippen molar-refractivity contribution in [3.05, 3.63) is 11.0 Å². The third-order valence-corrected chi connectivity index (χ3v) is 4.49. The molecular formula is C11H16ClN3O2S. The molecule has 0 amide bonds. The van der Waals surface area contributed by atoms with Crippen molar-refractivity contribution in [3.63, 3.8) is 0 Å². The molecule has 0 spiro atoms. The Morgan fingerprint density at radius 1 is 1.56 bits per heavy atom. The van der Waals surface area contributed by atoms with Crippen LogP contribution in [0, 0.1) is 0 Å². The number of hydrogen-bond donors (Lipinski definition) is 2. The lowest BCUT2D eigenvalue weighted by molar-refractivity contribution is 0.268. The zero-order valence-electron chi connectivity index (χ0n) is 10.1. The van der Waals surface area contributed by atoms with Crippen LogP contribution in [-0.2, 0) is 17.2 Å². The Morgan fingerprint density at radius 2 is 2.33 bits per heavy atom. The number of fused-ring (bicyclic) bond motifs is 1. The Labute approximate surface area is 113 Å². The van der Waals surface area contributed by atoms with Crippen LogP contribution in [0.1, 0.15) is 25.5 Å². The molecule has 0 bridgehead atoms. The molecule has 0 aromatic carbocycles. The highest BCUT2D eigenvalue weighted by atomic mass is 35.5. The van der Waals surface area contributed by atoms with Crippen LogP contribution in [0.5, 0.6) is 0 Å². The topological polar surface area (TPSA) is 75.1 Å². The molecule has 18 heavy (non-hydrogen) atoms. The van der Waals surface area contributed by atoms with Gasteiger partial charge in [0.2, 0.25) is 5.28 Å². The summed E-state index contributed by atoms with van der Waals surface area (Å²) in [4.78, 5) is 8.85. The molecule has 1 aliphatic rings. The maximum Gasteiger partial charge on any atom is 0.224 e. The molecule has 2 atom stereocenters. The highest BCUT2D eigenvalue weighted by Crippen LogP contribution is 2.29. The lowest BCUT2D eigenvalue weighted by Gasteiger charge is -2.17. The van der Waals surface area contributed by atoms with Gasteiger partial charge >= 0.3 is 0 Å². The Hall–Kier alpha value is -0.720. The SMILES string of the molecule is CCCC(CO)Nc1nc(Cl)nc2c1S(=O)CC2. The van der Waals surface area contributed by atoms with Gasteiger partial charge < -0.3 is 10.4 Å². The van der Waals surface area contributed by atoms with E-state index >= 15 is 0 Å². The van der Waals surface area contributed by atoms with Gasteiger partial charge in [0.15, 0.2) is 0 Å². The van der Waals surface area contributed by atoms with E-state index in [0.717, 1.165) is 18.5 Å². The van der Waals surface area contributed by atoms with Crippen LogP contribution in [0.25, 0.3) is 0 Å². The van der Waals surface area contributed by atoms with Crippen molar-refractivity contribution in [2.24, 2.45) is 0 Å². The summed E-state index contributed by atoms with van der Waals surface area (Å²) in [5, 5.41) is 12.6. The molecule has 1 aliphatic heterocycles. The molecule has 1 aromatic rings. The van der Waals surface area contributed by atoms with Crippen molar-refractivity contribution >= 4 is 28.2 Å². The Morgan fingerprint density at radius 3 is 3.00 bits per heavy atom. The molecule has 2 rings (SSSR count). The van der Waals surface area contributed by atoms with Gasteiger partial charge in [0.05, 0.1) is 29.1 Å². The number of aliphatic hydroxyl groups is 1. The first-order chi connectivity index (χ1) is 8.65. The minimum Gasteiger partial charge on any atom is -0.394 e. The van der Waals surface area contributed by atoms with Crippen LogP contribution in [0.2, 0.25) is 5.28 Å². The fourth-order valence-electron chi connectivity index (χ4n) is 2.02. The van der Waals surface area contributed by atoms with E-state index in [-0.39, 0.29) is 17.9 Å². The van der Waals surface area contributed by atoms with Gasteiger partial charge in [-0.05, 0) is 18.0 Å². The summed E-state index contributed by atoms with van der Waals surface area (Å²) in [5.74, 6) is 1.07. The van der Waals surface area contributed by atoms with E-state index in [1.54, 1.807) is 0 Å². The van der Waals surface area contributed by atoms with Gasteiger partial charge in [0, 0.05) is 12.2 Å². The van der Waals surface area contributed by atoms with E-state index in [2.05, 4.69) is 15.3 Å². The molecule has 0 radical (unpaired) electrons. The summed E-state index contributed by atoms with van der Waals surface area (Å²) in [7, 11) is -1.07. The van der Waals surface area contributed by atoms with Crippen molar-refractivity contribution < 1.29 is 9.32 Å². The lowest BCUT2D eigenvalue weighted by atomic mass is 10.2. The summed E-state index contributed by atoms with van der Waals surface area (Å²) in [5.41, 5.74) is 0.754.